The fourth-order valence-electron chi connectivity index (χ4n) is 10.5. The lowest BCUT2D eigenvalue weighted by Crippen LogP contribution is -2.05. The summed E-state index contributed by atoms with van der Waals surface area (Å²) >= 11 is 3.56. The summed E-state index contributed by atoms with van der Waals surface area (Å²) in [6, 6.07) is 70.8. The van der Waals surface area contributed by atoms with Gasteiger partial charge in [-0.15, -0.1) is 22.7 Å². The van der Waals surface area contributed by atoms with E-state index < -0.39 is 0 Å². The molecule has 9 aromatic carbocycles. The molecular formula is C66H41N9OS2. The number of aromatic nitrogens is 9. The number of rotatable bonds is 10. The maximum Gasteiger partial charge on any atom is 0.167 e. The second-order valence-corrected chi connectivity index (χ2v) is 21.5. The van der Waals surface area contributed by atoms with Crippen LogP contribution in [0.5, 0.6) is 0 Å². The molecule has 0 unspecified atom stereocenters. The molecule has 0 spiro atoms. The van der Waals surface area contributed by atoms with Crippen molar-refractivity contribution in [3.05, 3.63) is 235 Å². The highest BCUT2D eigenvalue weighted by atomic mass is 32.1. The maximum absolute atomic E-state index is 6.47. The fraction of sp³-hybridized carbons (Fsp3) is 0.0455. The van der Waals surface area contributed by atoms with E-state index in [0.29, 0.717) is 65.3 Å². The number of hydrogen-bond acceptors (Lipinski definition) is 12. The average molecular weight is 1040 g/mol. The van der Waals surface area contributed by atoms with Gasteiger partial charge < -0.3 is 4.42 Å². The third-order valence-electron chi connectivity index (χ3n) is 14.2. The minimum atomic E-state index is 0.432. The molecule has 0 radical (unpaired) electrons. The van der Waals surface area contributed by atoms with E-state index in [2.05, 4.69) is 140 Å². The van der Waals surface area contributed by atoms with E-state index in [0.717, 1.165) is 66.4 Å². The predicted molar refractivity (Wildman–Crippen MR) is 316 cm³/mol. The molecule has 78 heavy (non-hydrogen) atoms. The van der Waals surface area contributed by atoms with Crippen LogP contribution in [0.15, 0.2) is 211 Å². The quantitative estimate of drug-likeness (QED) is 0.131. The first-order valence-corrected chi connectivity index (χ1v) is 27.3. The Kier molecular flexibility index (Phi) is 11.0. The molecule has 0 N–H and O–H groups in total. The van der Waals surface area contributed by atoms with Crippen LogP contribution in [0.1, 0.15) is 28.6 Å². The highest BCUT2D eigenvalue weighted by Gasteiger charge is 2.20. The Morgan fingerprint density at radius 3 is 1.64 bits per heavy atom. The molecule has 0 bridgehead atoms. The van der Waals surface area contributed by atoms with Gasteiger partial charge in [-0.05, 0) is 72.6 Å². The van der Waals surface area contributed by atoms with Crippen molar-refractivity contribution in [2.24, 2.45) is 0 Å². The van der Waals surface area contributed by atoms with E-state index in [-0.39, 0.29) is 0 Å². The van der Waals surface area contributed by atoms with Crippen LogP contribution >= 0.6 is 22.7 Å². The highest BCUT2D eigenvalue weighted by molar-refractivity contribution is 7.26. The van der Waals surface area contributed by atoms with Gasteiger partial charge in [0.05, 0.1) is 5.56 Å². The summed E-state index contributed by atoms with van der Waals surface area (Å²) in [6.07, 6.45) is 0.900. The van der Waals surface area contributed by atoms with Crippen LogP contribution in [0.25, 0.3) is 131 Å². The first-order valence-electron chi connectivity index (χ1n) is 25.7. The number of benzene rings is 9. The third-order valence-corrected chi connectivity index (χ3v) is 16.6. The summed E-state index contributed by atoms with van der Waals surface area (Å²) in [7, 11) is 0. The molecule has 0 aliphatic carbocycles. The highest BCUT2D eigenvalue weighted by Crippen LogP contribution is 2.41. The molecule has 0 saturated carbocycles. The van der Waals surface area contributed by atoms with Gasteiger partial charge in [-0.3, -0.25) is 0 Å². The van der Waals surface area contributed by atoms with Crippen molar-refractivity contribution in [2.75, 3.05) is 0 Å². The van der Waals surface area contributed by atoms with Crippen LogP contribution in [0, 0.1) is 6.92 Å². The van der Waals surface area contributed by atoms with Gasteiger partial charge in [-0.2, -0.15) is 0 Å². The Bertz CT molecular complexity index is 4840. The minimum absolute atomic E-state index is 0.432. The normalized spacial score (nSPS) is 11.8. The van der Waals surface area contributed by atoms with Gasteiger partial charge in [0.2, 0.25) is 0 Å². The topological polar surface area (TPSA) is 129 Å². The maximum atomic E-state index is 6.47. The number of fused-ring (bicyclic) bond motifs is 9. The summed E-state index contributed by atoms with van der Waals surface area (Å²) < 4.78 is 11.3. The SMILES string of the molecule is Cc1nc(-c2ccc(Cc3nc(-c4cccc(Cc5nc(-c6ccccc6)nc(-c6cccc7c6oc6ccccc67)n5)c4)nc(-c4ccc5sc6ccccc6c5c4)n3)cc2)nc(-c2cccc3c2sc2ccccc23)n1. The zero-order chi connectivity index (χ0) is 51.7. The second-order valence-electron chi connectivity index (χ2n) is 19.3. The molecule has 6 heterocycles. The zero-order valence-corrected chi connectivity index (χ0v) is 43.4. The number of aryl methyl sites for hydroxylation is 1. The number of furan rings is 1. The molecule has 0 amide bonds. The van der Waals surface area contributed by atoms with Gasteiger partial charge in [0.1, 0.15) is 28.6 Å². The minimum Gasteiger partial charge on any atom is -0.455 e. The van der Waals surface area contributed by atoms with Crippen LogP contribution in [0.4, 0.5) is 0 Å². The molecule has 12 heteroatoms. The molecule has 0 fully saturated rings. The number of thiophene rings is 2. The van der Waals surface area contributed by atoms with Crippen LogP contribution < -0.4 is 0 Å². The summed E-state index contributed by atoms with van der Waals surface area (Å²) in [6.45, 7) is 1.93. The van der Waals surface area contributed by atoms with Crippen molar-refractivity contribution >= 4 is 85.0 Å². The third kappa shape index (κ3) is 8.31. The van der Waals surface area contributed by atoms with Gasteiger partial charge in [0, 0.05) is 91.8 Å². The molecule has 0 aliphatic rings. The van der Waals surface area contributed by atoms with Crippen LogP contribution in [0.3, 0.4) is 0 Å². The Morgan fingerprint density at radius 2 is 0.846 bits per heavy atom. The summed E-state index contributed by atoms with van der Waals surface area (Å²) in [5.41, 5.74) is 8.95. The standard InChI is InChI=1S/C66H41N9OS2/c1-38-67-61(74-66(68-38)51-24-13-22-49-46-19-6-10-27-55(46)78-60(49)51)42-30-28-39(29-31-42)35-57-70-63(73-64(71-57)44-32-33-56-52(37-44)47-20-7-9-26-54(47)77-56)43-17-11-14-40(34-43)36-58-69-62(41-15-3-2-4-16-41)75-65(72-58)50-23-12-21-48-45-18-5-8-25-53(45)76-59(48)50/h2-34,37H,35-36H2,1H3. The van der Waals surface area contributed by atoms with E-state index in [1.165, 1.54) is 40.3 Å². The van der Waals surface area contributed by atoms with Gasteiger partial charge in [-0.1, -0.05) is 152 Å². The molecule has 368 valence electrons. The first kappa shape index (κ1) is 45.6. The number of nitrogens with zero attached hydrogens (tertiary/aromatic N) is 9. The lowest BCUT2D eigenvalue weighted by Gasteiger charge is -2.11. The predicted octanol–water partition coefficient (Wildman–Crippen LogP) is 16.4. The fourth-order valence-corrected chi connectivity index (χ4v) is 12.8. The monoisotopic (exact) mass is 1040 g/mol. The molecule has 0 atom stereocenters. The van der Waals surface area contributed by atoms with Crippen molar-refractivity contribution in [3.63, 3.8) is 0 Å². The Balaban J connectivity index is 0.787. The Hall–Kier alpha value is -9.75. The lowest BCUT2D eigenvalue weighted by atomic mass is 10.1. The molecule has 0 saturated heterocycles. The zero-order valence-electron chi connectivity index (χ0n) is 41.8. The van der Waals surface area contributed by atoms with Crippen LogP contribution in [-0.4, -0.2) is 44.9 Å². The van der Waals surface area contributed by atoms with Gasteiger partial charge in [0.15, 0.2) is 34.9 Å². The van der Waals surface area contributed by atoms with Crippen molar-refractivity contribution in [3.8, 4) is 68.3 Å². The van der Waals surface area contributed by atoms with Gasteiger partial charge in [0.25, 0.3) is 0 Å². The van der Waals surface area contributed by atoms with Crippen molar-refractivity contribution < 1.29 is 4.42 Å². The van der Waals surface area contributed by atoms with E-state index in [1.807, 2.05) is 73.7 Å². The molecular weight excluding hydrogens is 999 g/mol. The smallest absolute Gasteiger partial charge is 0.167 e. The first-order chi connectivity index (χ1) is 38.5. The van der Waals surface area contributed by atoms with E-state index >= 15 is 0 Å². The Labute approximate surface area is 454 Å². The van der Waals surface area contributed by atoms with E-state index in [9.17, 15) is 0 Å². The molecule has 6 aromatic heterocycles. The molecule has 0 aliphatic heterocycles. The molecule has 10 nitrogen and oxygen atoms in total. The summed E-state index contributed by atoms with van der Waals surface area (Å²) in [5, 5.41) is 6.89. The van der Waals surface area contributed by atoms with E-state index in [4.69, 9.17) is 49.3 Å². The Morgan fingerprint density at radius 1 is 0.333 bits per heavy atom. The van der Waals surface area contributed by atoms with Crippen molar-refractivity contribution in [1.82, 2.24) is 44.9 Å². The van der Waals surface area contributed by atoms with Gasteiger partial charge in [-0.25, -0.2) is 44.9 Å². The van der Waals surface area contributed by atoms with Crippen molar-refractivity contribution in [1.29, 1.82) is 0 Å². The molecule has 15 rings (SSSR count). The second kappa shape index (κ2) is 18.8. The van der Waals surface area contributed by atoms with Crippen LogP contribution in [-0.2, 0) is 12.8 Å². The van der Waals surface area contributed by atoms with E-state index in [1.54, 1.807) is 22.7 Å². The van der Waals surface area contributed by atoms with Crippen LogP contribution in [0.2, 0.25) is 0 Å². The molecule has 15 aromatic rings. The van der Waals surface area contributed by atoms with Crippen molar-refractivity contribution in [2.45, 2.75) is 19.8 Å². The largest absolute Gasteiger partial charge is 0.455 e. The summed E-state index contributed by atoms with van der Waals surface area (Å²) in [4.78, 5) is 45.6. The lowest BCUT2D eigenvalue weighted by molar-refractivity contribution is 0.669. The number of hydrogen-bond donors (Lipinski definition) is 0. The number of para-hydroxylation sites is 2. The average Bonchev–Trinajstić information content (AvgIpc) is 4.28. The van der Waals surface area contributed by atoms with Gasteiger partial charge >= 0.3 is 0 Å². The summed E-state index contributed by atoms with van der Waals surface area (Å²) in [5.74, 6) is 5.52.